The first kappa shape index (κ1) is 9.03. The van der Waals surface area contributed by atoms with E-state index in [0.717, 1.165) is 5.88 Å². The van der Waals surface area contributed by atoms with Crippen LogP contribution in [0.2, 0.25) is 0 Å². The van der Waals surface area contributed by atoms with E-state index in [1.165, 1.54) is 19.3 Å². The molecule has 0 aromatic heterocycles. The molecule has 0 saturated heterocycles. The molecule has 9 heavy (non-hydrogen) atoms. The highest BCUT2D eigenvalue weighted by Gasteiger charge is 1.98. The molecule has 1 atom stereocenters. The molecular weight excluding hydrogens is 132 g/mol. The van der Waals surface area contributed by atoms with E-state index in [1.54, 1.807) is 0 Å². The predicted octanol–water partition coefficient (Wildman–Crippen LogP) is 3.22. The number of allylic oxidation sites excluding steroid dienone is 1. The molecule has 1 heteroatoms. The second-order valence-electron chi connectivity index (χ2n) is 2.29. The maximum atomic E-state index is 5.63. The van der Waals surface area contributed by atoms with Gasteiger partial charge in [0.1, 0.15) is 0 Å². The fourth-order valence-corrected chi connectivity index (χ4v) is 1.00. The molecule has 0 heterocycles. The monoisotopic (exact) mass is 146 g/mol. The van der Waals surface area contributed by atoms with Crippen molar-refractivity contribution >= 4 is 11.6 Å². The van der Waals surface area contributed by atoms with E-state index in [0.29, 0.717) is 5.92 Å². The second-order valence-corrected chi connectivity index (χ2v) is 2.60. The van der Waals surface area contributed by atoms with Crippen LogP contribution in [0.15, 0.2) is 12.7 Å². The lowest BCUT2D eigenvalue weighted by Crippen LogP contribution is -1.96. The van der Waals surface area contributed by atoms with E-state index in [4.69, 9.17) is 11.6 Å². The molecule has 0 nitrogen and oxygen atoms in total. The van der Waals surface area contributed by atoms with Gasteiger partial charge >= 0.3 is 0 Å². The lowest BCUT2D eigenvalue weighted by Gasteiger charge is -2.05. The van der Waals surface area contributed by atoms with Crippen molar-refractivity contribution in [3.05, 3.63) is 12.7 Å². The predicted molar refractivity (Wildman–Crippen MR) is 43.9 cm³/mol. The summed E-state index contributed by atoms with van der Waals surface area (Å²) < 4.78 is 0. The molecule has 0 unspecified atom stereocenters. The molecule has 0 bridgehead atoms. The van der Waals surface area contributed by atoms with Gasteiger partial charge in [-0.1, -0.05) is 25.8 Å². The average molecular weight is 147 g/mol. The van der Waals surface area contributed by atoms with Crippen molar-refractivity contribution < 1.29 is 0 Å². The molecule has 0 aliphatic carbocycles. The van der Waals surface area contributed by atoms with E-state index in [1.807, 2.05) is 6.08 Å². The quantitative estimate of drug-likeness (QED) is 0.413. The van der Waals surface area contributed by atoms with Crippen LogP contribution < -0.4 is 0 Å². The van der Waals surface area contributed by atoms with Crippen LogP contribution in [0.1, 0.15) is 26.2 Å². The van der Waals surface area contributed by atoms with E-state index < -0.39 is 0 Å². The highest BCUT2D eigenvalue weighted by atomic mass is 35.5. The molecule has 0 fully saturated rings. The molecular formula is C8H15Cl. The number of rotatable bonds is 5. The highest BCUT2D eigenvalue weighted by molar-refractivity contribution is 6.18. The molecule has 0 amide bonds. The zero-order valence-corrected chi connectivity index (χ0v) is 6.82. The Kier molecular flexibility index (Phi) is 6.18. The van der Waals surface area contributed by atoms with Gasteiger partial charge < -0.3 is 0 Å². The topological polar surface area (TPSA) is 0 Å². The van der Waals surface area contributed by atoms with Gasteiger partial charge in [0.2, 0.25) is 0 Å². The number of halogens is 1. The minimum absolute atomic E-state index is 0.534. The molecule has 0 aromatic rings. The summed E-state index contributed by atoms with van der Waals surface area (Å²) in [5.41, 5.74) is 0. The fraction of sp³-hybridized carbons (Fsp3) is 0.750. The van der Waals surface area contributed by atoms with Gasteiger partial charge in [0.15, 0.2) is 0 Å². The van der Waals surface area contributed by atoms with E-state index >= 15 is 0 Å². The van der Waals surface area contributed by atoms with Crippen LogP contribution in [0.25, 0.3) is 0 Å². The maximum Gasteiger partial charge on any atom is 0.0286 e. The summed E-state index contributed by atoms with van der Waals surface area (Å²) in [4.78, 5) is 0. The van der Waals surface area contributed by atoms with Gasteiger partial charge in [-0.05, 0) is 12.3 Å². The molecule has 0 N–H and O–H groups in total. The Morgan fingerprint density at radius 2 is 2.33 bits per heavy atom. The Labute approximate surface area is 62.9 Å². The van der Waals surface area contributed by atoms with E-state index in [9.17, 15) is 0 Å². The number of alkyl halides is 1. The van der Waals surface area contributed by atoms with Gasteiger partial charge in [0, 0.05) is 5.88 Å². The molecule has 0 spiro atoms. The lowest BCUT2D eigenvalue weighted by atomic mass is 10.1. The third-order valence-electron chi connectivity index (χ3n) is 1.46. The van der Waals surface area contributed by atoms with Crippen molar-refractivity contribution in [2.75, 3.05) is 5.88 Å². The summed E-state index contributed by atoms with van der Waals surface area (Å²) in [6, 6.07) is 0. The number of hydrogen-bond donors (Lipinski definition) is 0. The van der Waals surface area contributed by atoms with Gasteiger partial charge in [-0.25, -0.2) is 0 Å². The maximum absolute atomic E-state index is 5.63. The zero-order chi connectivity index (χ0) is 7.11. The van der Waals surface area contributed by atoms with Crippen LogP contribution in [-0.2, 0) is 0 Å². The van der Waals surface area contributed by atoms with Crippen LogP contribution >= 0.6 is 11.6 Å². The molecule has 0 radical (unpaired) electrons. The lowest BCUT2D eigenvalue weighted by molar-refractivity contribution is 0.604. The standard InChI is InChI=1S/C8H15Cl/c1-3-5-6-8(4-2)7-9/h4,8H,2-3,5-7H2,1H3/t8-/m1/s1. The van der Waals surface area contributed by atoms with E-state index in [-0.39, 0.29) is 0 Å². The first-order chi connectivity index (χ1) is 4.35. The van der Waals surface area contributed by atoms with Crippen molar-refractivity contribution in [1.29, 1.82) is 0 Å². The number of hydrogen-bond acceptors (Lipinski definition) is 0. The van der Waals surface area contributed by atoms with Crippen LogP contribution in [0.5, 0.6) is 0 Å². The van der Waals surface area contributed by atoms with E-state index in [2.05, 4.69) is 13.5 Å². The number of unbranched alkanes of at least 4 members (excludes halogenated alkanes) is 1. The Morgan fingerprint density at radius 3 is 2.67 bits per heavy atom. The van der Waals surface area contributed by atoms with Crippen LogP contribution in [0.4, 0.5) is 0 Å². The Morgan fingerprint density at radius 1 is 1.67 bits per heavy atom. The molecule has 0 rings (SSSR count). The average Bonchev–Trinajstić information content (AvgIpc) is 1.91. The van der Waals surface area contributed by atoms with Gasteiger partial charge in [-0.15, -0.1) is 18.2 Å². The van der Waals surface area contributed by atoms with Crippen molar-refractivity contribution in [3.8, 4) is 0 Å². The summed E-state index contributed by atoms with van der Waals surface area (Å²) in [7, 11) is 0. The summed E-state index contributed by atoms with van der Waals surface area (Å²) in [5, 5.41) is 0. The summed E-state index contributed by atoms with van der Waals surface area (Å²) >= 11 is 5.63. The minimum atomic E-state index is 0.534. The van der Waals surface area contributed by atoms with Crippen LogP contribution in [0.3, 0.4) is 0 Å². The Balaban J connectivity index is 3.20. The Hall–Kier alpha value is 0.0300. The summed E-state index contributed by atoms with van der Waals surface area (Å²) in [6.07, 6.45) is 5.66. The molecule has 0 aromatic carbocycles. The van der Waals surface area contributed by atoms with Crippen LogP contribution in [-0.4, -0.2) is 5.88 Å². The van der Waals surface area contributed by atoms with Crippen molar-refractivity contribution in [1.82, 2.24) is 0 Å². The van der Waals surface area contributed by atoms with Crippen LogP contribution in [0, 0.1) is 5.92 Å². The molecule has 0 aliphatic rings. The SMILES string of the molecule is C=C[C@@H](CCl)CCCC. The molecule has 54 valence electrons. The normalized spacial score (nSPS) is 13.1. The third-order valence-corrected chi connectivity index (χ3v) is 1.86. The Bertz CT molecular complexity index is 69.0. The smallest absolute Gasteiger partial charge is 0.0286 e. The molecule has 0 saturated carbocycles. The fourth-order valence-electron chi connectivity index (χ4n) is 0.724. The van der Waals surface area contributed by atoms with Gasteiger partial charge in [-0.2, -0.15) is 0 Å². The highest BCUT2D eigenvalue weighted by Crippen LogP contribution is 2.10. The minimum Gasteiger partial charge on any atom is -0.126 e. The van der Waals surface area contributed by atoms with Gasteiger partial charge in [-0.3, -0.25) is 0 Å². The van der Waals surface area contributed by atoms with Gasteiger partial charge in [0.05, 0.1) is 0 Å². The largest absolute Gasteiger partial charge is 0.126 e. The van der Waals surface area contributed by atoms with Crippen molar-refractivity contribution in [2.24, 2.45) is 5.92 Å². The van der Waals surface area contributed by atoms with Gasteiger partial charge in [0.25, 0.3) is 0 Å². The van der Waals surface area contributed by atoms with Crippen molar-refractivity contribution in [3.63, 3.8) is 0 Å². The van der Waals surface area contributed by atoms with Crippen molar-refractivity contribution in [2.45, 2.75) is 26.2 Å². The zero-order valence-electron chi connectivity index (χ0n) is 6.07. The first-order valence-electron chi connectivity index (χ1n) is 3.53. The third kappa shape index (κ3) is 4.53. The first-order valence-corrected chi connectivity index (χ1v) is 4.07. The summed E-state index contributed by atoms with van der Waals surface area (Å²) in [5.74, 6) is 1.26. The molecule has 0 aliphatic heterocycles. The summed E-state index contributed by atoms with van der Waals surface area (Å²) in [6.45, 7) is 5.89. The second kappa shape index (κ2) is 6.15.